The van der Waals surface area contributed by atoms with Crippen molar-refractivity contribution < 1.29 is 36.3 Å². The molecule has 1 aromatic heterocycles. The Morgan fingerprint density at radius 2 is 1.64 bits per heavy atom. The Morgan fingerprint density at radius 3 is 2.15 bits per heavy atom. The summed E-state index contributed by atoms with van der Waals surface area (Å²) in [7, 11) is 0. The number of hydrogen-bond acceptors (Lipinski definition) is 4. The lowest BCUT2D eigenvalue weighted by Gasteiger charge is -2.28. The van der Waals surface area contributed by atoms with E-state index in [1.165, 1.54) is 23.9 Å². The molecule has 0 aliphatic heterocycles. The molecule has 0 bridgehead atoms. The fourth-order valence-electron chi connectivity index (χ4n) is 4.88. The zero-order chi connectivity index (χ0) is 28.5. The zero-order valence-electron chi connectivity index (χ0n) is 21.4. The molecule has 4 rings (SSSR count). The van der Waals surface area contributed by atoms with Crippen molar-refractivity contribution in [1.82, 2.24) is 20.4 Å². The molecule has 13 heteroatoms. The summed E-state index contributed by atoms with van der Waals surface area (Å²) in [5, 5.41) is 10.8. The predicted octanol–water partition coefficient (Wildman–Crippen LogP) is 4.14. The second-order valence-corrected chi connectivity index (χ2v) is 10.1. The van der Waals surface area contributed by atoms with Crippen LogP contribution in [0.4, 0.5) is 27.6 Å². The lowest BCUT2D eigenvalue weighted by molar-refractivity contribution is -0.139. The first kappa shape index (κ1) is 28.5. The van der Waals surface area contributed by atoms with Crippen LogP contribution >= 0.6 is 0 Å². The zero-order valence-corrected chi connectivity index (χ0v) is 21.4. The molecule has 0 spiro atoms. The monoisotopic (exact) mass is 555 g/mol. The van der Waals surface area contributed by atoms with Gasteiger partial charge in [0, 0.05) is 12.7 Å². The highest BCUT2D eigenvalue weighted by Gasteiger charge is 2.48. The molecule has 2 aliphatic carbocycles. The predicted molar refractivity (Wildman–Crippen MR) is 131 cm³/mol. The molecule has 2 saturated carbocycles. The molecule has 1 aromatic carbocycles. The summed E-state index contributed by atoms with van der Waals surface area (Å²) in [6.07, 6.45) is 0.377. The van der Waals surface area contributed by atoms with Crippen LogP contribution in [-0.4, -0.2) is 46.3 Å². The fraction of sp³-hybridized carbons (Fsp3) is 0.538. The third kappa shape index (κ3) is 6.93. The van der Waals surface area contributed by atoms with Crippen LogP contribution in [-0.2, 0) is 16.1 Å². The van der Waals surface area contributed by atoms with Gasteiger partial charge in [-0.2, -0.15) is 18.3 Å². The van der Waals surface area contributed by atoms with Crippen LogP contribution < -0.4 is 16.0 Å². The lowest BCUT2D eigenvalue weighted by atomic mass is 9.88. The molecule has 3 N–H and O–H groups in total. The van der Waals surface area contributed by atoms with Gasteiger partial charge in [0.25, 0.3) is 5.91 Å². The highest BCUT2D eigenvalue weighted by atomic mass is 19.4. The highest BCUT2D eigenvalue weighted by Crippen LogP contribution is 2.51. The largest absolute Gasteiger partial charge is 0.405 e. The normalized spacial score (nSPS) is 17.0. The highest BCUT2D eigenvalue weighted by molar-refractivity contribution is 6.01. The molecule has 39 heavy (non-hydrogen) atoms. The Morgan fingerprint density at radius 1 is 1.05 bits per heavy atom. The Bertz CT molecular complexity index is 1200. The van der Waals surface area contributed by atoms with Gasteiger partial charge < -0.3 is 16.0 Å². The van der Waals surface area contributed by atoms with Crippen molar-refractivity contribution in [3.8, 4) is 0 Å². The number of alkyl halides is 3. The van der Waals surface area contributed by atoms with Crippen molar-refractivity contribution in [3.63, 3.8) is 0 Å². The van der Waals surface area contributed by atoms with Gasteiger partial charge >= 0.3 is 6.18 Å². The van der Waals surface area contributed by atoms with Crippen molar-refractivity contribution in [2.45, 2.75) is 64.2 Å². The van der Waals surface area contributed by atoms with Gasteiger partial charge in [0.05, 0.1) is 5.92 Å². The van der Waals surface area contributed by atoms with Crippen LogP contribution in [0.25, 0.3) is 0 Å². The van der Waals surface area contributed by atoms with Crippen LogP contribution in [0.1, 0.15) is 61.5 Å². The summed E-state index contributed by atoms with van der Waals surface area (Å²) in [6, 6.07) is 2.05. The number of carbonyl (C=O) groups excluding carboxylic acids is 3. The smallest absolute Gasteiger partial charge is 0.346 e. The Kier molecular flexibility index (Phi) is 8.26. The molecule has 1 heterocycles. The first-order valence-corrected chi connectivity index (χ1v) is 12.9. The third-order valence-corrected chi connectivity index (χ3v) is 7.20. The summed E-state index contributed by atoms with van der Waals surface area (Å²) in [5.74, 6) is -5.84. The molecular weight excluding hydrogens is 525 g/mol. The minimum atomic E-state index is -4.64. The summed E-state index contributed by atoms with van der Waals surface area (Å²) in [6.45, 7) is 1.86. The van der Waals surface area contributed by atoms with E-state index in [9.17, 15) is 36.3 Å². The maximum atomic E-state index is 15.0. The molecule has 212 valence electrons. The number of halogens is 5. The number of amides is 3. The van der Waals surface area contributed by atoms with Gasteiger partial charge in [-0.1, -0.05) is 0 Å². The standard InChI is InChI=1S/C26H30F5N5O3/c1-3-36-19(8-9-33-36)24(38)35-22(20(14-4-5-14)15-6-7-15)25(39)34-21-17(27)10-16(11-18(21)28)13(2)23(37)32-12-26(29,30)31/h8-11,13-15,20,22H,3-7,12H2,1-2H3,(H,32,37)(H,34,39)(H,35,38)/t13?,22-/m0/s1. The number of anilines is 1. The average Bonchev–Trinajstić information content (AvgIpc) is 3.82. The Hall–Kier alpha value is -3.51. The fourth-order valence-corrected chi connectivity index (χ4v) is 4.88. The number of hydrogen-bond donors (Lipinski definition) is 3. The van der Waals surface area contributed by atoms with Gasteiger partial charge in [0.15, 0.2) is 0 Å². The second-order valence-electron chi connectivity index (χ2n) is 10.1. The Labute approximate surface area is 221 Å². The molecule has 2 aliphatic rings. The summed E-state index contributed by atoms with van der Waals surface area (Å²) in [4.78, 5) is 38.6. The van der Waals surface area contributed by atoms with E-state index in [4.69, 9.17) is 0 Å². The van der Waals surface area contributed by atoms with E-state index in [2.05, 4.69) is 15.7 Å². The SMILES string of the molecule is CCn1nccc1C(=O)N[C@H](C(=O)Nc1c(F)cc(C(C)C(=O)NCC(F)(F)F)cc1F)C(C1CC1)C1CC1. The number of nitrogens with zero attached hydrogens (tertiary/aromatic N) is 2. The number of benzene rings is 1. The van der Waals surface area contributed by atoms with E-state index < -0.39 is 59.7 Å². The number of carbonyl (C=O) groups is 3. The third-order valence-electron chi connectivity index (χ3n) is 7.20. The topological polar surface area (TPSA) is 105 Å². The summed E-state index contributed by atoms with van der Waals surface area (Å²) in [5.41, 5.74) is -0.718. The molecule has 3 amide bonds. The molecule has 8 nitrogen and oxygen atoms in total. The van der Waals surface area contributed by atoms with Crippen LogP contribution in [0, 0.1) is 29.4 Å². The van der Waals surface area contributed by atoms with Gasteiger partial charge in [-0.05, 0) is 81.0 Å². The van der Waals surface area contributed by atoms with Crippen molar-refractivity contribution in [2.75, 3.05) is 11.9 Å². The van der Waals surface area contributed by atoms with Crippen LogP contribution in [0.2, 0.25) is 0 Å². The molecule has 0 radical (unpaired) electrons. The van der Waals surface area contributed by atoms with Gasteiger partial charge in [-0.25, -0.2) is 8.78 Å². The number of nitrogens with one attached hydrogen (secondary N) is 3. The number of aryl methyl sites for hydroxylation is 1. The van der Waals surface area contributed by atoms with Gasteiger partial charge in [-0.3, -0.25) is 19.1 Å². The van der Waals surface area contributed by atoms with E-state index in [-0.39, 0.29) is 29.0 Å². The maximum absolute atomic E-state index is 15.0. The molecule has 2 fully saturated rings. The van der Waals surface area contributed by atoms with Crippen molar-refractivity contribution in [1.29, 1.82) is 0 Å². The molecule has 2 atom stereocenters. The average molecular weight is 556 g/mol. The van der Waals surface area contributed by atoms with Crippen molar-refractivity contribution in [2.24, 2.45) is 17.8 Å². The molecular formula is C26H30F5N5O3. The Balaban J connectivity index is 1.53. The number of rotatable bonds is 11. The van der Waals surface area contributed by atoms with Gasteiger partial charge in [0.2, 0.25) is 11.8 Å². The van der Waals surface area contributed by atoms with E-state index in [1.807, 2.05) is 0 Å². The lowest BCUT2D eigenvalue weighted by Crippen LogP contribution is -2.50. The van der Waals surface area contributed by atoms with Gasteiger partial charge in [0.1, 0.15) is 35.6 Å². The van der Waals surface area contributed by atoms with E-state index in [0.717, 1.165) is 37.8 Å². The van der Waals surface area contributed by atoms with Crippen LogP contribution in [0.15, 0.2) is 24.4 Å². The first-order valence-electron chi connectivity index (χ1n) is 12.9. The maximum Gasteiger partial charge on any atom is 0.405 e. The van der Waals surface area contributed by atoms with Crippen molar-refractivity contribution in [3.05, 3.63) is 47.3 Å². The summed E-state index contributed by atoms with van der Waals surface area (Å²) >= 11 is 0. The van der Waals surface area contributed by atoms with Crippen LogP contribution in [0.5, 0.6) is 0 Å². The molecule has 0 saturated heterocycles. The molecule has 2 aromatic rings. The summed E-state index contributed by atoms with van der Waals surface area (Å²) < 4.78 is 68.7. The second kappa shape index (κ2) is 11.3. The minimum absolute atomic E-state index is 0.199. The molecule has 1 unspecified atom stereocenters. The number of aromatic nitrogens is 2. The minimum Gasteiger partial charge on any atom is -0.346 e. The van der Waals surface area contributed by atoms with E-state index in [1.54, 1.807) is 12.2 Å². The van der Waals surface area contributed by atoms with Gasteiger partial charge in [-0.15, -0.1) is 0 Å². The van der Waals surface area contributed by atoms with E-state index in [0.29, 0.717) is 6.54 Å². The quantitative estimate of drug-likeness (QED) is 0.363. The first-order chi connectivity index (χ1) is 18.4. The van der Waals surface area contributed by atoms with E-state index >= 15 is 0 Å². The van der Waals surface area contributed by atoms with Crippen LogP contribution in [0.3, 0.4) is 0 Å². The van der Waals surface area contributed by atoms with Crippen molar-refractivity contribution >= 4 is 23.4 Å².